The van der Waals surface area contributed by atoms with Gasteiger partial charge in [-0.15, -0.1) is 0 Å². The summed E-state index contributed by atoms with van der Waals surface area (Å²) < 4.78 is 0. The lowest BCUT2D eigenvalue weighted by Crippen LogP contribution is -2.32. The van der Waals surface area contributed by atoms with Gasteiger partial charge in [0.1, 0.15) is 5.56 Å². The fourth-order valence-electron chi connectivity index (χ4n) is 2.66. The summed E-state index contributed by atoms with van der Waals surface area (Å²) >= 11 is 0. The molecule has 20 heavy (non-hydrogen) atoms. The predicted molar refractivity (Wildman–Crippen MR) is 73.5 cm³/mol. The van der Waals surface area contributed by atoms with Crippen LogP contribution in [0.3, 0.4) is 0 Å². The van der Waals surface area contributed by atoms with E-state index in [0.717, 1.165) is 19.3 Å². The molecule has 2 unspecified atom stereocenters. The number of aryl methyl sites for hydroxylation is 1. The summed E-state index contributed by atoms with van der Waals surface area (Å²) in [6.45, 7) is 1.96. The molecule has 0 aromatic heterocycles. The van der Waals surface area contributed by atoms with E-state index in [-0.39, 0.29) is 23.3 Å². The van der Waals surface area contributed by atoms with Crippen LogP contribution in [0.15, 0.2) is 18.2 Å². The molecule has 6 heteroatoms. The minimum atomic E-state index is -0.533. The van der Waals surface area contributed by atoms with Crippen molar-refractivity contribution in [1.29, 1.82) is 0 Å². The molecule has 1 saturated carbocycles. The average Bonchev–Trinajstić information content (AvgIpc) is 2.80. The Hall–Kier alpha value is -1.95. The van der Waals surface area contributed by atoms with Crippen LogP contribution in [-0.2, 0) is 0 Å². The van der Waals surface area contributed by atoms with Crippen LogP contribution in [0, 0.1) is 23.0 Å². The number of nitro benzene ring substituents is 1. The van der Waals surface area contributed by atoms with E-state index in [1.165, 1.54) is 6.07 Å². The van der Waals surface area contributed by atoms with Crippen molar-refractivity contribution in [3.8, 4) is 0 Å². The van der Waals surface area contributed by atoms with Crippen molar-refractivity contribution in [3.63, 3.8) is 0 Å². The van der Waals surface area contributed by atoms with Gasteiger partial charge in [-0.25, -0.2) is 0 Å². The van der Waals surface area contributed by atoms with Gasteiger partial charge in [-0.05, 0) is 25.8 Å². The number of benzene rings is 1. The molecule has 0 bridgehead atoms. The van der Waals surface area contributed by atoms with Crippen molar-refractivity contribution in [2.75, 3.05) is 6.54 Å². The zero-order valence-corrected chi connectivity index (χ0v) is 11.3. The van der Waals surface area contributed by atoms with Crippen molar-refractivity contribution in [1.82, 2.24) is 5.32 Å². The number of carbonyl (C=O) groups is 1. The third-order valence-corrected chi connectivity index (χ3v) is 3.81. The smallest absolute Gasteiger partial charge is 0.285 e. The van der Waals surface area contributed by atoms with Crippen LogP contribution in [0.5, 0.6) is 0 Å². The minimum absolute atomic E-state index is 0.0443. The first-order chi connectivity index (χ1) is 9.50. The third-order valence-electron chi connectivity index (χ3n) is 3.81. The van der Waals surface area contributed by atoms with Crippen LogP contribution in [0.25, 0.3) is 0 Å². The van der Waals surface area contributed by atoms with Gasteiger partial charge in [-0.1, -0.05) is 18.6 Å². The summed E-state index contributed by atoms with van der Waals surface area (Å²) in [4.78, 5) is 22.6. The van der Waals surface area contributed by atoms with Crippen molar-refractivity contribution in [2.45, 2.75) is 32.3 Å². The van der Waals surface area contributed by atoms with E-state index in [1.54, 1.807) is 19.1 Å². The molecule has 2 N–H and O–H groups in total. The molecular weight excluding hydrogens is 260 g/mol. The maximum Gasteiger partial charge on any atom is 0.285 e. The summed E-state index contributed by atoms with van der Waals surface area (Å²) in [6.07, 6.45) is 2.19. The normalized spacial score (nSPS) is 21.7. The molecule has 0 saturated heterocycles. The predicted octanol–water partition coefficient (Wildman–Crippen LogP) is 1.79. The zero-order chi connectivity index (χ0) is 14.7. The topological polar surface area (TPSA) is 92.5 Å². The van der Waals surface area contributed by atoms with Crippen LogP contribution in [-0.4, -0.2) is 28.6 Å². The molecule has 1 amide bonds. The van der Waals surface area contributed by atoms with Gasteiger partial charge in [0.05, 0.1) is 11.0 Å². The van der Waals surface area contributed by atoms with Crippen molar-refractivity contribution >= 4 is 11.6 Å². The first-order valence-corrected chi connectivity index (χ1v) is 6.71. The molecule has 2 rings (SSSR count). The molecule has 0 radical (unpaired) electrons. The molecule has 1 aliphatic carbocycles. The quantitative estimate of drug-likeness (QED) is 0.648. The molecule has 0 aliphatic heterocycles. The number of carbonyl (C=O) groups excluding carboxylic acids is 1. The Kier molecular flexibility index (Phi) is 4.34. The number of aliphatic hydroxyl groups is 1. The summed E-state index contributed by atoms with van der Waals surface area (Å²) in [5, 5.41) is 23.4. The standard InChI is InChI=1S/C14H18N2O4/c1-9-4-2-6-11(13(9)16(19)20)14(18)15-8-10-5-3-7-12(10)17/h2,4,6,10,12,17H,3,5,7-8H2,1H3,(H,15,18). The number of nitro groups is 1. The first-order valence-electron chi connectivity index (χ1n) is 6.71. The highest BCUT2D eigenvalue weighted by Gasteiger charge is 2.27. The number of para-hydroxylation sites is 1. The van der Waals surface area contributed by atoms with E-state index < -0.39 is 10.8 Å². The number of aliphatic hydroxyl groups excluding tert-OH is 1. The number of nitrogens with zero attached hydrogens (tertiary/aromatic N) is 1. The minimum Gasteiger partial charge on any atom is -0.393 e. The lowest BCUT2D eigenvalue weighted by atomic mass is 10.0. The van der Waals surface area contributed by atoms with Gasteiger partial charge < -0.3 is 10.4 Å². The Morgan fingerprint density at radius 3 is 2.85 bits per heavy atom. The lowest BCUT2D eigenvalue weighted by molar-refractivity contribution is -0.385. The van der Waals surface area contributed by atoms with Gasteiger partial charge in [-0.3, -0.25) is 14.9 Å². The van der Waals surface area contributed by atoms with Gasteiger partial charge in [0.15, 0.2) is 0 Å². The second kappa shape index (κ2) is 6.00. The van der Waals surface area contributed by atoms with Gasteiger partial charge in [0, 0.05) is 18.0 Å². The monoisotopic (exact) mass is 278 g/mol. The SMILES string of the molecule is Cc1cccc(C(=O)NCC2CCCC2O)c1[N+](=O)[O-]. The number of hydrogen-bond acceptors (Lipinski definition) is 4. The van der Waals surface area contributed by atoms with E-state index in [0.29, 0.717) is 12.1 Å². The van der Waals surface area contributed by atoms with Crippen LogP contribution in [0.1, 0.15) is 35.2 Å². The fraction of sp³-hybridized carbons (Fsp3) is 0.500. The van der Waals surface area contributed by atoms with Crippen molar-refractivity contribution in [2.24, 2.45) is 5.92 Å². The first kappa shape index (κ1) is 14.5. The van der Waals surface area contributed by atoms with E-state index in [9.17, 15) is 20.0 Å². The maximum atomic E-state index is 12.1. The van der Waals surface area contributed by atoms with Crippen LogP contribution >= 0.6 is 0 Å². The number of rotatable bonds is 4. The van der Waals surface area contributed by atoms with Gasteiger partial charge in [0.2, 0.25) is 0 Å². The molecule has 108 valence electrons. The molecule has 1 aliphatic rings. The van der Waals surface area contributed by atoms with Crippen LogP contribution in [0.2, 0.25) is 0 Å². The highest BCUT2D eigenvalue weighted by atomic mass is 16.6. The van der Waals surface area contributed by atoms with E-state index >= 15 is 0 Å². The van der Waals surface area contributed by atoms with Gasteiger partial charge in [0.25, 0.3) is 11.6 Å². The van der Waals surface area contributed by atoms with Crippen LogP contribution in [0.4, 0.5) is 5.69 Å². The molecule has 1 aromatic carbocycles. The molecule has 6 nitrogen and oxygen atoms in total. The highest BCUT2D eigenvalue weighted by molar-refractivity contribution is 5.98. The molecule has 0 heterocycles. The molecule has 0 spiro atoms. The summed E-state index contributed by atoms with van der Waals surface area (Å²) in [5.74, 6) is -0.415. The average molecular weight is 278 g/mol. The molecule has 1 aromatic rings. The van der Waals surface area contributed by atoms with Crippen molar-refractivity contribution in [3.05, 3.63) is 39.4 Å². The number of amides is 1. The van der Waals surface area contributed by atoms with E-state index in [4.69, 9.17) is 0 Å². The molecular formula is C14H18N2O4. The maximum absolute atomic E-state index is 12.1. The molecule has 1 fully saturated rings. The summed E-state index contributed by atoms with van der Waals surface area (Å²) in [7, 11) is 0. The van der Waals surface area contributed by atoms with Crippen LogP contribution < -0.4 is 5.32 Å². The number of nitrogens with one attached hydrogen (secondary N) is 1. The highest BCUT2D eigenvalue weighted by Crippen LogP contribution is 2.26. The largest absolute Gasteiger partial charge is 0.393 e. The fourth-order valence-corrected chi connectivity index (χ4v) is 2.66. The molecule has 2 atom stereocenters. The summed E-state index contributed by atoms with van der Waals surface area (Å²) in [6, 6.07) is 4.68. The Labute approximate surface area is 117 Å². The van der Waals surface area contributed by atoms with Crippen molar-refractivity contribution < 1.29 is 14.8 Å². The second-order valence-electron chi connectivity index (χ2n) is 5.20. The zero-order valence-electron chi connectivity index (χ0n) is 11.3. The Morgan fingerprint density at radius 2 is 2.25 bits per heavy atom. The van der Waals surface area contributed by atoms with E-state index in [1.807, 2.05) is 0 Å². The number of hydrogen-bond donors (Lipinski definition) is 2. The second-order valence-corrected chi connectivity index (χ2v) is 5.20. The Morgan fingerprint density at radius 1 is 1.50 bits per heavy atom. The van der Waals surface area contributed by atoms with E-state index in [2.05, 4.69) is 5.32 Å². The Bertz CT molecular complexity index is 530. The van der Waals surface area contributed by atoms with Gasteiger partial charge in [-0.2, -0.15) is 0 Å². The third kappa shape index (κ3) is 2.96. The Balaban J connectivity index is 2.09. The lowest BCUT2D eigenvalue weighted by Gasteiger charge is -2.15. The van der Waals surface area contributed by atoms with Gasteiger partial charge >= 0.3 is 0 Å². The summed E-state index contributed by atoms with van der Waals surface area (Å²) in [5.41, 5.74) is 0.378.